The quantitative estimate of drug-likeness (QED) is 0.754. The summed E-state index contributed by atoms with van der Waals surface area (Å²) in [5, 5.41) is 8.76. The summed E-state index contributed by atoms with van der Waals surface area (Å²) in [5.41, 5.74) is 0.885. The van der Waals surface area contributed by atoms with Crippen LogP contribution in [0.2, 0.25) is 0 Å². The third kappa shape index (κ3) is 1.98. The first-order valence-electron chi connectivity index (χ1n) is 6.47. The standard InChI is InChI=1S/C13H15N3O3S/c1-8-6-20-7-9(8)10(17)16-4-2-13(3-5-16)11(18)14-12(19)15-13/h6-7H,2-5H2,1H3,(H2,14,15,18,19). The molecule has 2 aliphatic heterocycles. The number of hydrogen-bond donors (Lipinski definition) is 2. The molecule has 0 aliphatic carbocycles. The van der Waals surface area contributed by atoms with Crippen LogP contribution in [0.4, 0.5) is 4.79 Å². The van der Waals surface area contributed by atoms with Crippen LogP contribution in [0.25, 0.3) is 0 Å². The summed E-state index contributed by atoms with van der Waals surface area (Å²) in [6.45, 7) is 2.86. The van der Waals surface area contributed by atoms with E-state index in [2.05, 4.69) is 10.6 Å². The van der Waals surface area contributed by atoms with Crippen LogP contribution in [-0.2, 0) is 4.79 Å². The molecule has 2 saturated heterocycles. The molecule has 20 heavy (non-hydrogen) atoms. The highest BCUT2D eigenvalue weighted by Gasteiger charge is 2.48. The molecule has 3 heterocycles. The molecule has 6 nitrogen and oxygen atoms in total. The van der Waals surface area contributed by atoms with Crippen LogP contribution in [0, 0.1) is 6.92 Å². The Balaban J connectivity index is 1.70. The number of carbonyl (C=O) groups is 3. The Kier molecular flexibility index (Phi) is 3.01. The van der Waals surface area contributed by atoms with E-state index < -0.39 is 11.6 Å². The van der Waals surface area contributed by atoms with Crippen LogP contribution in [0.5, 0.6) is 0 Å². The minimum atomic E-state index is -0.822. The lowest BCUT2D eigenvalue weighted by Crippen LogP contribution is -2.55. The van der Waals surface area contributed by atoms with Gasteiger partial charge in [-0.3, -0.25) is 14.9 Å². The average Bonchev–Trinajstić information content (AvgIpc) is 2.95. The first-order chi connectivity index (χ1) is 9.52. The second kappa shape index (κ2) is 4.59. The van der Waals surface area contributed by atoms with Crippen molar-refractivity contribution in [2.75, 3.05) is 13.1 Å². The van der Waals surface area contributed by atoms with Gasteiger partial charge in [0.15, 0.2) is 0 Å². The number of likely N-dealkylation sites (tertiary alicyclic amines) is 1. The molecule has 2 N–H and O–H groups in total. The van der Waals surface area contributed by atoms with Crippen molar-refractivity contribution >= 4 is 29.2 Å². The van der Waals surface area contributed by atoms with Crippen molar-refractivity contribution in [2.45, 2.75) is 25.3 Å². The number of urea groups is 1. The molecule has 3 rings (SSSR count). The number of amides is 4. The number of nitrogens with zero attached hydrogens (tertiary/aromatic N) is 1. The van der Waals surface area contributed by atoms with Crippen LogP contribution in [0.3, 0.4) is 0 Å². The minimum Gasteiger partial charge on any atom is -0.338 e. The molecule has 4 amide bonds. The van der Waals surface area contributed by atoms with Gasteiger partial charge in [-0.1, -0.05) is 0 Å². The van der Waals surface area contributed by atoms with Crippen molar-refractivity contribution in [1.29, 1.82) is 0 Å². The lowest BCUT2D eigenvalue weighted by Gasteiger charge is -2.37. The summed E-state index contributed by atoms with van der Waals surface area (Å²) in [6, 6.07) is -0.441. The SMILES string of the molecule is Cc1cscc1C(=O)N1CCC2(CC1)NC(=O)NC2=O. The average molecular weight is 293 g/mol. The van der Waals surface area contributed by atoms with Gasteiger partial charge in [0.05, 0.1) is 5.56 Å². The van der Waals surface area contributed by atoms with Gasteiger partial charge in [-0.05, 0) is 30.7 Å². The molecule has 0 aromatic carbocycles. The summed E-state index contributed by atoms with van der Waals surface area (Å²) in [6.07, 6.45) is 0.916. The highest BCUT2D eigenvalue weighted by molar-refractivity contribution is 7.08. The van der Waals surface area contributed by atoms with Crippen LogP contribution < -0.4 is 10.6 Å². The summed E-state index contributed by atoms with van der Waals surface area (Å²) in [4.78, 5) is 37.2. The zero-order valence-corrected chi connectivity index (χ0v) is 11.9. The molecule has 2 aliphatic rings. The van der Waals surface area contributed by atoms with Crippen LogP contribution in [-0.4, -0.2) is 41.4 Å². The van der Waals surface area contributed by atoms with Gasteiger partial charge in [-0.2, -0.15) is 11.3 Å². The maximum Gasteiger partial charge on any atom is 0.322 e. The third-order valence-corrected chi connectivity index (χ3v) is 4.87. The number of carbonyl (C=O) groups excluding carboxylic acids is 3. The van der Waals surface area contributed by atoms with Crippen LogP contribution in [0.1, 0.15) is 28.8 Å². The highest BCUT2D eigenvalue weighted by atomic mass is 32.1. The predicted molar refractivity (Wildman–Crippen MR) is 73.6 cm³/mol. The van der Waals surface area contributed by atoms with E-state index in [0.717, 1.165) is 11.1 Å². The van der Waals surface area contributed by atoms with Gasteiger partial charge in [-0.15, -0.1) is 0 Å². The van der Waals surface area contributed by atoms with Crippen LogP contribution in [0.15, 0.2) is 10.8 Å². The number of thiophene rings is 1. The number of rotatable bonds is 1. The van der Waals surface area contributed by atoms with E-state index in [1.807, 2.05) is 17.7 Å². The number of piperidine rings is 1. The summed E-state index contributed by atoms with van der Waals surface area (Å²) >= 11 is 1.51. The van der Waals surface area contributed by atoms with Crippen molar-refractivity contribution in [3.63, 3.8) is 0 Å². The maximum atomic E-state index is 12.4. The summed E-state index contributed by atoms with van der Waals surface area (Å²) in [5.74, 6) is -0.273. The smallest absolute Gasteiger partial charge is 0.322 e. The Hall–Kier alpha value is -1.89. The minimum absolute atomic E-state index is 0.00308. The number of hydrogen-bond acceptors (Lipinski definition) is 4. The van der Waals surface area contributed by atoms with Crippen molar-refractivity contribution in [3.05, 3.63) is 21.9 Å². The van der Waals surface area contributed by atoms with Gasteiger partial charge >= 0.3 is 6.03 Å². The fourth-order valence-electron chi connectivity index (χ4n) is 2.72. The zero-order chi connectivity index (χ0) is 14.3. The third-order valence-electron chi connectivity index (χ3n) is 4.00. The molecule has 0 bridgehead atoms. The molecule has 1 aromatic heterocycles. The summed E-state index contributed by atoms with van der Waals surface area (Å²) < 4.78 is 0. The van der Waals surface area contributed by atoms with Gasteiger partial charge in [0.2, 0.25) is 0 Å². The molecule has 7 heteroatoms. The molecule has 0 unspecified atom stereocenters. The van der Waals surface area contributed by atoms with E-state index in [0.29, 0.717) is 25.9 Å². The highest BCUT2D eigenvalue weighted by Crippen LogP contribution is 2.27. The Morgan fingerprint density at radius 3 is 2.50 bits per heavy atom. The molecule has 2 fully saturated rings. The molecular formula is C13H15N3O3S. The van der Waals surface area contributed by atoms with Crippen molar-refractivity contribution in [1.82, 2.24) is 15.5 Å². The zero-order valence-electron chi connectivity index (χ0n) is 11.1. The monoisotopic (exact) mass is 293 g/mol. The number of imide groups is 1. The van der Waals surface area contributed by atoms with Crippen molar-refractivity contribution < 1.29 is 14.4 Å². The van der Waals surface area contributed by atoms with E-state index in [4.69, 9.17) is 0 Å². The van der Waals surface area contributed by atoms with Gasteiger partial charge < -0.3 is 10.2 Å². The summed E-state index contributed by atoms with van der Waals surface area (Å²) in [7, 11) is 0. The van der Waals surface area contributed by atoms with Crippen molar-refractivity contribution in [2.24, 2.45) is 0 Å². The first kappa shape index (κ1) is 13.1. The van der Waals surface area contributed by atoms with E-state index >= 15 is 0 Å². The van der Waals surface area contributed by atoms with Gasteiger partial charge in [0.1, 0.15) is 5.54 Å². The molecule has 0 saturated carbocycles. The normalized spacial score (nSPS) is 20.9. The van der Waals surface area contributed by atoms with Gasteiger partial charge in [-0.25, -0.2) is 4.79 Å². The predicted octanol–water partition coefficient (Wildman–Crippen LogP) is 0.871. The Bertz CT molecular complexity index is 587. The van der Waals surface area contributed by atoms with E-state index in [9.17, 15) is 14.4 Å². The molecule has 0 radical (unpaired) electrons. The molecule has 1 spiro atoms. The van der Waals surface area contributed by atoms with Crippen molar-refractivity contribution in [3.8, 4) is 0 Å². The number of nitrogens with one attached hydrogen (secondary N) is 2. The Morgan fingerprint density at radius 1 is 1.30 bits per heavy atom. The largest absolute Gasteiger partial charge is 0.338 e. The lowest BCUT2D eigenvalue weighted by molar-refractivity contribution is -0.125. The van der Waals surface area contributed by atoms with E-state index in [-0.39, 0.29) is 11.8 Å². The van der Waals surface area contributed by atoms with E-state index in [1.165, 1.54) is 11.3 Å². The molecule has 0 atom stereocenters. The first-order valence-corrected chi connectivity index (χ1v) is 7.42. The Morgan fingerprint density at radius 2 is 2.00 bits per heavy atom. The van der Waals surface area contributed by atoms with Crippen LogP contribution >= 0.6 is 11.3 Å². The fraction of sp³-hybridized carbons (Fsp3) is 0.462. The maximum absolute atomic E-state index is 12.4. The van der Waals surface area contributed by atoms with Gasteiger partial charge in [0.25, 0.3) is 11.8 Å². The van der Waals surface area contributed by atoms with Gasteiger partial charge in [0, 0.05) is 18.5 Å². The lowest BCUT2D eigenvalue weighted by atomic mass is 9.87. The Labute approximate surface area is 120 Å². The van der Waals surface area contributed by atoms with E-state index in [1.54, 1.807) is 4.90 Å². The second-order valence-corrected chi connectivity index (χ2v) is 5.99. The molecule has 106 valence electrons. The topological polar surface area (TPSA) is 78.5 Å². The fourth-order valence-corrected chi connectivity index (χ4v) is 3.54. The second-order valence-electron chi connectivity index (χ2n) is 5.25. The molecular weight excluding hydrogens is 278 g/mol. The molecule has 1 aromatic rings. The number of aryl methyl sites for hydroxylation is 1.